The molecular formula is C14H22N2. The number of rotatable bonds is 3. The second kappa shape index (κ2) is 5.90. The summed E-state index contributed by atoms with van der Waals surface area (Å²) < 4.78 is 0. The lowest BCUT2D eigenvalue weighted by Crippen LogP contribution is -2.23. The molecule has 2 rings (SSSR count). The molecule has 0 unspecified atom stereocenters. The molecule has 2 heteroatoms. The fourth-order valence-corrected chi connectivity index (χ4v) is 2.33. The van der Waals surface area contributed by atoms with Gasteiger partial charge in [-0.1, -0.05) is 25.0 Å². The molecule has 88 valence electrons. The van der Waals surface area contributed by atoms with Crippen molar-refractivity contribution in [1.82, 2.24) is 4.90 Å². The minimum Gasteiger partial charge on any atom is -0.388 e. The SMILES string of the molecule is CNc1ccc(CN2CCCCCC2)cc1. The molecule has 1 aromatic rings. The van der Waals surface area contributed by atoms with Gasteiger partial charge in [-0.05, 0) is 43.6 Å². The quantitative estimate of drug-likeness (QED) is 0.838. The molecule has 1 aromatic carbocycles. The summed E-state index contributed by atoms with van der Waals surface area (Å²) in [5.41, 5.74) is 2.63. The smallest absolute Gasteiger partial charge is 0.0337 e. The Labute approximate surface area is 98.7 Å². The highest BCUT2D eigenvalue weighted by Gasteiger charge is 2.08. The normalized spacial score (nSPS) is 18.1. The summed E-state index contributed by atoms with van der Waals surface area (Å²) >= 11 is 0. The van der Waals surface area contributed by atoms with Crippen molar-refractivity contribution in [2.45, 2.75) is 32.2 Å². The molecule has 0 aromatic heterocycles. The van der Waals surface area contributed by atoms with Crippen LogP contribution in [0.1, 0.15) is 31.2 Å². The van der Waals surface area contributed by atoms with Gasteiger partial charge >= 0.3 is 0 Å². The monoisotopic (exact) mass is 218 g/mol. The number of benzene rings is 1. The molecule has 0 atom stereocenters. The minimum atomic E-state index is 1.12. The average molecular weight is 218 g/mol. The molecule has 0 radical (unpaired) electrons. The van der Waals surface area contributed by atoms with Crippen molar-refractivity contribution in [2.24, 2.45) is 0 Å². The van der Waals surface area contributed by atoms with Crippen LogP contribution in [0.3, 0.4) is 0 Å². The molecule has 0 spiro atoms. The van der Waals surface area contributed by atoms with Gasteiger partial charge in [0.2, 0.25) is 0 Å². The van der Waals surface area contributed by atoms with E-state index in [9.17, 15) is 0 Å². The second-order valence-electron chi connectivity index (χ2n) is 4.64. The van der Waals surface area contributed by atoms with E-state index in [1.165, 1.54) is 50.0 Å². The lowest BCUT2D eigenvalue weighted by Gasteiger charge is -2.19. The maximum Gasteiger partial charge on any atom is 0.0337 e. The summed E-state index contributed by atoms with van der Waals surface area (Å²) in [5, 5.41) is 3.15. The number of nitrogens with zero attached hydrogens (tertiary/aromatic N) is 1. The van der Waals surface area contributed by atoms with Gasteiger partial charge in [0.15, 0.2) is 0 Å². The van der Waals surface area contributed by atoms with Crippen LogP contribution >= 0.6 is 0 Å². The van der Waals surface area contributed by atoms with Crippen LogP contribution in [0, 0.1) is 0 Å². The molecule has 1 aliphatic rings. The first-order chi connectivity index (χ1) is 7.88. The van der Waals surface area contributed by atoms with Crippen LogP contribution in [-0.2, 0) is 6.54 Å². The van der Waals surface area contributed by atoms with Crippen LogP contribution in [0.5, 0.6) is 0 Å². The highest BCUT2D eigenvalue weighted by atomic mass is 15.1. The maximum atomic E-state index is 3.15. The molecule has 0 aliphatic carbocycles. The van der Waals surface area contributed by atoms with E-state index < -0.39 is 0 Å². The van der Waals surface area contributed by atoms with Crippen molar-refractivity contribution in [3.63, 3.8) is 0 Å². The Balaban J connectivity index is 1.91. The standard InChI is InChI=1S/C14H22N2/c1-15-14-8-6-13(7-9-14)12-16-10-4-2-3-5-11-16/h6-9,15H,2-5,10-12H2,1H3. The first kappa shape index (κ1) is 11.5. The Morgan fingerprint density at radius 1 is 1.00 bits per heavy atom. The van der Waals surface area contributed by atoms with Crippen LogP contribution in [-0.4, -0.2) is 25.0 Å². The van der Waals surface area contributed by atoms with Crippen molar-refractivity contribution < 1.29 is 0 Å². The Hall–Kier alpha value is -1.02. The fraction of sp³-hybridized carbons (Fsp3) is 0.571. The molecular weight excluding hydrogens is 196 g/mol. The van der Waals surface area contributed by atoms with E-state index in [1.807, 2.05) is 7.05 Å². The van der Waals surface area contributed by atoms with Gasteiger partial charge in [0.25, 0.3) is 0 Å². The Morgan fingerprint density at radius 3 is 2.19 bits per heavy atom. The average Bonchev–Trinajstić information content (AvgIpc) is 2.59. The zero-order chi connectivity index (χ0) is 11.2. The number of anilines is 1. The third kappa shape index (κ3) is 3.24. The first-order valence-corrected chi connectivity index (χ1v) is 6.37. The summed E-state index contributed by atoms with van der Waals surface area (Å²) in [6.45, 7) is 3.66. The van der Waals surface area contributed by atoms with Crippen molar-refractivity contribution in [3.05, 3.63) is 29.8 Å². The fourth-order valence-electron chi connectivity index (χ4n) is 2.33. The van der Waals surface area contributed by atoms with E-state index >= 15 is 0 Å². The van der Waals surface area contributed by atoms with Crippen LogP contribution in [0.25, 0.3) is 0 Å². The van der Waals surface area contributed by atoms with Crippen LogP contribution in [0.4, 0.5) is 5.69 Å². The summed E-state index contributed by atoms with van der Waals surface area (Å²) in [7, 11) is 1.96. The first-order valence-electron chi connectivity index (χ1n) is 6.37. The van der Waals surface area contributed by atoms with Gasteiger partial charge in [0.05, 0.1) is 0 Å². The Morgan fingerprint density at radius 2 is 1.62 bits per heavy atom. The van der Waals surface area contributed by atoms with E-state index in [-0.39, 0.29) is 0 Å². The number of hydrogen-bond acceptors (Lipinski definition) is 2. The predicted octanol–water partition coefficient (Wildman–Crippen LogP) is 3.10. The summed E-state index contributed by atoms with van der Waals surface area (Å²) in [4.78, 5) is 2.58. The van der Waals surface area contributed by atoms with Crippen molar-refractivity contribution in [3.8, 4) is 0 Å². The van der Waals surface area contributed by atoms with Crippen LogP contribution < -0.4 is 5.32 Å². The zero-order valence-electron chi connectivity index (χ0n) is 10.2. The second-order valence-corrected chi connectivity index (χ2v) is 4.64. The summed E-state index contributed by atoms with van der Waals surface area (Å²) in [6, 6.07) is 8.79. The van der Waals surface area contributed by atoms with Gasteiger partial charge in [0, 0.05) is 19.3 Å². The molecule has 2 nitrogen and oxygen atoms in total. The zero-order valence-corrected chi connectivity index (χ0v) is 10.2. The number of hydrogen-bond donors (Lipinski definition) is 1. The van der Waals surface area contributed by atoms with Crippen LogP contribution in [0.2, 0.25) is 0 Å². The number of likely N-dealkylation sites (tertiary alicyclic amines) is 1. The molecule has 0 amide bonds. The van der Waals surface area contributed by atoms with Crippen molar-refractivity contribution in [2.75, 3.05) is 25.5 Å². The lowest BCUT2D eigenvalue weighted by molar-refractivity contribution is 0.277. The summed E-state index contributed by atoms with van der Waals surface area (Å²) in [6.07, 6.45) is 5.56. The van der Waals surface area contributed by atoms with Crippen LogP contribution in [0.15, 0.2) is 24.3 Å². The number of nitrogens with one attached hydrogen (secondary N) is 1. The third-order valence-corrected chi connectivity index (χ3v) is 3.35. The maximum absolute atomic E-state index is 3.15. The summed E-state index contributed by atoms with van der Waals surface area (Å²) in [5.74, 6) is 0. The molecule has 1 saturated heterocycles. The van der Waals surface area contributed by atoms with E-state index in [0.717, 1.165) is 6.54 Å². The largest absolute Gasteiger partial charge is 0.388 e. The topological polar surface area (TPSA) is 15.3 Å². The van der Waals surface area contributed by atoms with Gasteiger partial charge in [-0.15, -0.1) is 0 Å². The van der Waals surface area contributed by atoms with E-state index in [4.69, 9.17) is 0 Å². The Kier molecular flexibility index (Phi) is 4.23. The molecule has 0 saturated carbocycles. The van der Waals surface area contributed by atoms with E-state index in [0.29, 0.717) is 0 Å². The van der Waals surface area contributed by atoms with Crippen molar-refractivity contribution in [1.29, 1.82) is 0 Å². The molecule has 1 fully saturated rings. The van der Waals surface area contributed by atoms with Crippen molar-refractivity contribution >= 4 is 5.69 Å². The highest BCUT2D eigenvalue weighted by Crippen LogP contribution is 2.14. The molecule has 1 heterocycles. The predicted molar refractivity (Wildman–Crippen MR) is 69.7 cm³/mol. The van der Waals surface area contributed by atoms with E-state index in [2.05, 4.69) is 34.5 Å². The van der Waals surface area contributed by atoms with Gasteiger partial charge in [0.1, 0.15) is 0 Å². The minimum absolute atomic E-state index is 1.12. The third-order valence-electron chi connectivity index (χ3n) is 3.35. The van der Waals surface area contributed by atoms with Gasteiger partial charge < -0.3 is 5.32 Å². The molecule has 1 aliphatic heterocycles. The van der Waals surface area contributed by atoms with E-state index in [1.54, 1.807) is 0 Å². The van der Waals surface area contributed by atoms with Gasteiger partial charge in [-0.2, -0.15) is 0 Å². The Bertz CT molecular complexity index is 297. The molecule has 16 heavy (non-hydrogen) atoms. The molecule has 1 N–H and O–H groups in total. The molecule has 0 bridgehead atoms. The lowest BCUT2D eigenvalue weighted by atomic mass is 10.2. The highest BCUT2D eigenvalue weighted by molar-refractivity contribution is 5.43. The van der Waals surface area contributed by atoms with Gasteiger partial charge in [-0.3, -0.25) is 4.90 Å². The van der Waals surface area contributed by atoms with Gasteiger partial charge in [-0.25, -0.2) is 0 Å².